The van der Waals surface area contributed by atoms with Crippen LogP contribution in [0, 0.1) is 0 Å². The first kappa shape index (κ1) is 10.2. The van der Waals surface area contributed by atoms with Crippen molar-refractivity contribution in [2.75, 3.05) is 11.4 Å². The second kappa shape index (κ2) is 3.37. The van der Waals surface area contributed by atoms with Crippen LogP contribution < -0.4 is 4.90 Å². The first-order valence-electron chi connectivity index (χ1n) is 6.72. The van der Waals surface area contributed by atoms with E-state index < -0.39 is 0 Å². The lowest BCUT2D eigenvalue weighted by atomic mass is 9.91. The molecule has 1 aromatic heterocycles. The third-order valence-corrected chi connectivity index (χ3v) is 4.43. The molecule has 1 fully saturated rings. The molecule has 3 nitrogen and oxygen atoms in total. The SMILES string of the molecule is CC12CCCCN1c1ccccc1-c1ccnn12. The van der Waals surface area contributed by atoms with Crippen LogP contribution in [0.25, 0.3) is 11.3 Å². The van der Waals surface area contributed by atoms with Gasteiger partial charge in [0.05, 0.1) is 5.69 Å². The minimum atomic E-state index is 0.0193. The summed E-state index contributed by atoms with van der Waals surface area (Å²) in [6, 6.07) is 10.8. The number of hydrogen-bond acceptors (Lipinski definition) is 2. The van der Waals surface area contributed by atoms with Gasteiger partial charge in [-0.1, -0.05) is 18.2 Å². The molecule has 1 saturated heterocycles. The zero-order valence-corrected chi connectivity index (χ0v) is 10.6. The Morgan fingerprint density at radius 2 is 2.06 bits per heavy atom. The quantitative estimate of drug-likeness (QED) is 0.703. The summed E-state index contributed by atoms with van der Waals surface area (Å²) in [6.45, 7) is 3.45. The highest BCUT2D eigenvalue weighted by Gasteiger charge is 2.42. The summed E-state index contributed by atoms with van der Waals surface area (Å²) in [5.74, 6) is 0. The molecule has 4 rings (SSSR count). The number of hydrogen-bond donors (Lipinski definition) is 0. The molecule has 1 atom stereocenters. The minimum Gasteiger partial charge on any atom is -0.347 e. The van der Waals surface area contributed by atoms with Crippen molar-refractivity contribution in [3.63, 3.8) is 0 Å². The van der Waals surface area contributed by atoms with Crippen LogP contribution in [-0.2, 0) is 5.66 Å². The van der Waals surface area contributed by atoms with Crippen LogP contribution in [0.4, 0.5) is 5.69 Å². The number of benzene rings is 1. The van der Waals surface area contributed by atoms with Crippen molar-refractivity contribution in [3.8, 4) is 11.3 Å². The maximum atomic E-state index is 4.59. The number of aromatic nitrogens is 2. The fourth-order valence-electron chi connectivity index (χ4n) is 3.52. The van der Waals surface area contributed by atoms with Gasteiger partial charge in [0.25, 0.3) is 0 Å². The molecule has 2 aromatic rings. The van der Waals surface area contributed by atoms with Gasteiger partial charge in [0, 0.05) is 24.0 Å². The van der Waals surface area contributed by atoms with Crippen molar-refractivity contribution in [2.45, 2.75) is 31.8 Å². The average molecular weight is 239 g/mol. The van der Waals surface area contributed by atoms with Crippen molar-refractivity contribution < 1.29 is 0 Å². The lowest BCUT2D eigenvalue weighted by Crippen LogP contribution is -2.54. The predicted molar refractivity (Wildman–Crippen MR) is 72.5 cm³/mol. The lowest BCUT2D eigenvalue weighted by molar-refractivity contribution is 0.212. The van der Waals surface area contributed by atoms with E-state index in [-0.39, 0.29) is 5.66 Å². The molecular weight excluding hydrogens is 222 g/mol. The molecule has 1 aromatic carbocycles. The molecule has 3 heterocycles. The van der Waals surface area contributed by atoms with Crippen LogP contribution in [0.1, 0.15) is 26.2 Å². The van der Waals surface area contributed by atoms with E-state index in [9.17, 15) is 0 Å². The largest absolute Gasteiger partial charge is 0.347 e. The fraction of sp³-hybridized carbons (Fsp3) is 0.400. The van der Waals surface area contributed by atoms with E-state index in [1.807, 2.05) is 6.20 Å². The summed E-state index contributed by atoms with van der Waals surface area (Å²) in [5.41, 5.74) is 3.96. The summed E-state index contributed by atoms with van der Waals surface area (Å²) in [5, 5.41) is 4.59. The summed E-state index contributed by atoms with van der Waals surface area (Å²) < 4.78 is 2.22. The molecule has 0 bridgehead atoms. The van der Waals surface area contributed by atoms with E-state index in [4.69, 9.17) is 0 Å². The van der Waals surface area contributed by atoms with Gasteiger partial charge >= 0.3 is 0 Å². The van der Waals surface area contributed by atoms with Crippen LogP contribution in [0.5, 0.6) is 0 Å². The van der Waals surface area contributed by atoms with Crippen LogP contribution in [0.15, 0.2) is 36.5 Å². The van der Waals surface area contributed by atoms with Gasteiger partial charge in [-0.15, -0.1) is 0 Å². The average Bonchev–Trinajstić information content (AvgIpc) is 2.89. The van der Waals surface area contributed by atoms with E-state index >= 15 is 0 Å². The van der Waals surface area contributed by atoms with E-state index in [0.717, 1.165) is 6.54 Å². The standard InChI is InChI=1S/C15H17N3/c1-15-9-4-5-11-17(15)13-7-3-2-6-12(13)14-8-10-16-18(14)15/h2-3,6-8,10H,4-5,9,11H2,1H3. The van der Waals surface area contributed by atoms with Crippen molar-refractivity contribution in [2.24, 2.45) is 0 Å². The zero-order chi connectivity index (χ0) is 12.2. The highest BCUT2D eigenvalue weighted by atomic mass is 15.5. The van der Waals surface area contributed by atoms with Crippen molar-refractivity contribution in [3.05, 3.63) is 36.5 Å². The van der Waals surface area contributed by atoms with Crippen LogP contribution in [-0.4, -0.2) is 16.3 Å². The first-order chi connectivity index (χ1) is 8.81. The Balaban J connectivity index is 2.03. The topological polar surface area (TPSA) is 21.1 Å². The van der Waals surface area contributed by atoms with Crippen LogP contribution in [0.3, 0.4) is 0 Å². The fourth-order valence-corrected chi connectivity index (χ4v) is 3.52. The van der Waals surface area contributed by atoms with E-state index in [1.165, 1.54) is 36.2 Å². The smallest absolute Gasteiger partial charge is 0.131 e. The first-order valence-corrected chi connectivity index (χ1v) is 6.72. The second-order valence-corrected chi connectivity index (χ2v) is 5.47. The predicted octanol–water partition coefficient (Wildman–Crippen LogP) is 3.23. The van der Waals surface area contributed by atoms with Crippen molar-refractivity contribution >= 4 is 5.69 Å². The molecule has 0 N–H and O–H groups in total. The highest BCUT2D eigenvalue weighted by molar-refractivity contribution is 5.79. The van der Waals surface area contributed by atoms with Gasteiger partial charge in [0.1, 0.15) is 5.66 Å². The Morgan fingerprint density at radius 1 is 1.17 bits per heavy atom. The maximum absolute atomic E-state index is 4.59. The zero-order valence-electron chi connectivity index (χ0n) is 10.6. The molecular formula is C15H17N3. The van der Waals surface area contributed by atoms with Gasteiger partial charge in [0.2, 0.25) is 0 Å². The van der Waals surface area contributed by atoms with Gasteiger partial charge in [-0.25, -0.2) is 4.68 Å². The molecule has 92 valence electrons. The minimum absolute atomic E-state index is 0.0193. The maximum Gasteiger partial charge on any atom is 0.131 e. The second-order valence-electron chi connectivity index (χ2n) is 5.47. The Labute approximate surface area is 107 Å². The van der Waals surface area contributed by atoms with Crippen LogP contribution in [0.2, 0.25) is 0 Å². The van der Waals surface area contributed by atoms with Gasteiger partial charge in [-0.2, -0.15) is 5.10 Å². The Morgan fingerprint density at radius 3 is 3.00 bits per heavy atom. The van der Waals surface area contributed by atoms with Crippen molar-refractivity contribution in [1.82, 2.24) is 9.78 Å². The third-order valence-electron chi connectivity index (χ3n) is 4.43. The molecule has 0 aliphatic carbocycles. The number of rotatable bonds is 0. The van der Waals surface area contributed by atoms with E-state index in [1.54, 1.807) is 0 Å². The van der Waals surface area contributed by atoms with Crippen molar-refractivity contribution in [1.29, 1.82) is 0 Å². The van der Waals surface area contributed by atoms with E-state index in [2.05, 4.69) is 51.9 Å². The normalized spacial score (nSPS) is 25.3. The summed E-state index contributed by atoms with van der Waals surface area (Å²) in [6.07, 6.45) is 5.67. The van der Waals surface area contributed by atoms with Gasteiger partial charge in [-0.05, 0) is 38.3 Å². The monoisotopic (exact) mass is 239 g/mol. The van der Waals surface area contributed by atoms with Gasteiger partial charge in [-0.3, -0.25) is 0 Å². The lowest BCUT2D eigenvalue weighted by Gasteiger charge is -2.50. The molecule has 0 spiro atoms. The Bertz CT molecular complexity index is 601. The summed E-state index contributed by atoms with van der Waals surface area (Å²) >= 11 is 0. The number of fused-ring (bicyclic) bond motifs is 6. The molecule has 0 saturated carbocycles. The van der Waals surface area contributed by atoms with Gasteiger partial charge in [0.15, 0.2) is 0 Å². The molecule has 1 unspecified atom stereocenters. The highest BCUT2D eigenvalue weighted by Crippen LogP contribution is 2.46. The number of para-hydroxylation sites is 1. The molecule has 2 aliphatic rings. The summed E-state index contributed by atoms with van der Waals surface area (Å²) in [4.78, 5) is 2.53. The molecule has 18 heavy (non-hydrogen) atoms. The van der Waals surface area contributed by atoms with E-state index in [0.29, 0.717) is 0 Å². The number of nitrogens with zero attached hydrogens (tertiary/aromatic N) is 3. The van der Waals surface area contributed by atoms with Gasteiger partial charge < -0.3 is 4.90 Å². The molecule has 0 amide bonds. The molecule has 3 heteroatoms. The number of anilines is 1. The molecule has 0 radical (unpaired) electrons. The summed E-state index contributed by atoms with van der Waals surface area (Å²) in [7, 11) is 0. The number of piperidine rings is 1. The molecule has 2 aliphatic heterocycles. The van der Waals surface area contributed by atoms with Crippen LogP contribution >= 0.6 is 0 Å². The Kier molecular flexibility index (Phi) is 1.91. The third kappa shape index (κ3) is 1.12. The Hall–Kier alpha value is -1.77.